The van der Waals surface area contributed by atoms with Gasteiger partial charge in [0.15, 0.2) is 0 Å². The van der Waals surface area contributed by atoms with Crippen molar-refractivity contribution in [2.24, 2.45) is 0 Å². The Hall–Kier alpha value is -2.62. The highest BCUT2D eigenvalue weighted by Gasteiger charge is 2.08. The van der Waals surface area contributed by atoms with E-state index in [-0.39, 0.29) is 11.8 Å². The van der Waals surface area contributed by atoms with Crippen LogP contribution in [0.3, 0.4) is 0 Å². The summed E-state index contributed by atoms with van der Waals surface area (Å²) in [5.74, 6) is -0.664. The number of hydrogen-bond acceptors (Lipinski definition) is 2. The van der Waals surface area contributed by atoms with Gasteiger partial charge in [0.1, 0.15) is 0 Å². The quantitative estimate of drug-likeness (QED) is 0.852. The maximum atomic E-state index is 12.0. The Morgan fingerprint density at radius 2 is 1.00 bits per heavy atom. The van der Waals surface area contributed by atoms with E-state index in [1.165, 1.54) is 0 Å². The summed E-state index contributed by atoms with van der Waals surface area (Å²) in [5, 5.41) is 0. The van der Waals surface area contributed by atoms with Crippen LogP contribution in [0, 0.1) is 0 Å². The molecule has 0 atom stereocenters. The Labute approximate surface area is 130 Å². The second-order valence-corrected chi connectivity index (χ2v) is 5.01. The number of carbonyl (C=O) groups excluding carboxylic acids is 2. The van der Waals surface area contributed by atoms with Gasteiger partial charge in [0.05, 0.1) is 0 Å². The number of hydrazine groups is 1. The molecule has 0 aliphatic rings. The minimum Gasteiger partial charge on any atom is -0.267 e. The normalized spacial score (nSPS) is 10.1. The summed E-state index contributed by atoms with van der Waals surface area (Å²) in [6.07, 6.45) is 1.85. The number of amides is 2. The lowest BCUT2D eigenvalue weighted by atomic mass is 10.1. The van der Waals surface area contributed by atoms with Crippen molar-refractivity contribution >= 4 is 11.8 Å². The van der Waals surface area contributed by atoms with Gasteiger partial charge in [-0.1, -0.05) is 38.1 Å². The van der Waals surface area contributed by atoms with Crippen LogP contribution < -0.4 is 10.9 Å². The number of benzene rings is 2. The molecule has 0 radical (unpaired) electrons. The molecule has 0 aromatic heterocycles. The summed E-state index contributed by atoms with van der Waals surface area (Å²) in [7, 11) is 0. The van der Waals surface area contributed by atoms with Gasteiger partial charge in [0.2, 0.25) is 0 Å². The summed E-state index contributed by atoms with van der Waals surface area (Å²) in [5.41, 5.74) is 8.20. The highest BCUT2D eigenvalue weighted by Crippen LogP contribution is 2.06. The van der Waals surface area contributed by atoms with Crippen LogP contribution in [0.25, 0.3) is 0 Å². The van der Waals surface area contributed by atoms with E-state index in [4.69, 9.17) is 0 Å². The molecule has 4 heteroatoms. The molecule has 0 aliphatic heterocycles. The van der Waals surface area contributed by atoms with Crippen LogP contribution >= 0.6 is 0 Å². The van der Waals surface area contributed by atoms with Crippen LogP contribution in [0.1, 0.15) is 45.7 Å². The Bertz CT molecular complexity index is 586. The van der Waals surface area contributed by atoms with Gasteiger partial charge in [-0.3, -0.25) is 20.4 Å². The van der Waals surface area contributed by atoms with E-state index >= 15 is 0 Å². The molecule has 4 nitrogen and oxygen atoms in total. The summed E-state index contributed by atoms with van der Waals surface area (Å²) in [6.45, 7) is 4.11. The van der Waals surface area contributed by atoms with E-state index in [9.17, 15) is 9.59 Å². The van der Waals surface area contributed by atoms with Crippen molar-refractivity contribution in [2.75, 3.05) is 0 Å². The Morgan fingerprint density at radius 3 is 1.27 bits per heavy atom. The van der Waals surface area contributed by atoms with Gasteiger partial charge >= 0.3 is 0 Å². The molecule has 0 unspecified atom stereocenters. The van der Waals surface area contributed by atoms with Crippen molar-refractivity contribution < 1.29 is 9.59 Å². The first kappa shape index (κ1) is 15.8. The van der Waals surface area contributed by atoms with Crippen LogP contribution in [0.5, 0.6) is 0 Å². The molecular formula is C18H20N2O2. The van der Waals surface area contributed by atoms with Gasteiger partial charge in [-0.2, -0.15) is 0 Å². The SMILES string of the molecule is CCc1ccc(C(=O)NNC(=O)c2ccc(CC)cc2)cc1. The summed E-state index contributed by atoms with van der Waals surface area (Å²) < 4.78 is 0. The van der Waals surface area contributed by atoms with E-state index < -0.39 is 0 Å². The Kier molecular flexibility index (Phi) is 5.31. The third-order valence-corrected chi connectivity index (χ3v) is 3.54. The smallest absolute Gasteiger partial charge is 0.267 e. The topological polar surface area (TPSA) is 58.2 Å². The monoisotopic (exact) mass is 296 g/mol. The van der Waals surface area contributed by atoms with Gasteiger partial charge in [0, 0.05) is 11.1 Å². The molecule has 0 fully saturated rings. The van der Waals surface area contributed by atoms with E-state index in [0.717, 1.165) is 24.0 Å². The largest absolute Gasteiger partial charge is 0.269 e. The summed E-state index contributed by atoms with van der Waals surface area (Å²) in [4.78, 5) is 23.9. The Balaban J connectivity index is 1.92. The third kappa shape index (κ3) is 3.95. The number of carbonyl (C=O) groups is 2. The van der Waals surface area contributed by atoms with Gasteiger partial charge in [0.25, 0.3) is 11.8 Å². The number of aryl methyl sites for hydroxylation is 2. The van der Waals surface area contributed by atoms with Crippen LogP contribution in [-0.4, -0.2) is 11.8 Å². The van der Waals surface area contributed by atoms with Crippen molar-refractivity contribution in [3.05, 3.63) is 70.8 Å². The zero-order chi connectivity index (χ0) is 15.9. The highest BCUT2D eigenvalue weighted by atomic mass is 16.2. The minimum atomic E-state index is -0.332. The molecule has 0 heterocycles. The van der Waals surface area contributed by atoms with Crippen molar-refractivity contribution in [2.45, 2.75) is 26.7 Å². The minimum absolute atomic E-state index is 0.332. The van der Waals surface area contributed by atoms with E-state index in [2.05, 4.69) is 24.7 Å². The molecule has 0 aliphatic carbocycles. The van der Waals surface area contributed by atoms with Crippen LogP contribution in [-0.2, 0) is 12.8 Å². The van der Waals surface area contributed by atoms with Crippen molar-refractivity contribution in [1.29, 1.82) is 0 Å². The molecule has 22 heavy (non-hydrogen) atoms. The lowest BCUT2D eigenvalue weighted by Gasteiger charge is -2.08. The molecule has 2 rings (SSSR count). The van der Waals surface area contributed by atoms with Gasteiger partial charge in [-0.05, 0) is 48.2 Å². The van der Waals surface area contributed by atoms with Crippen LogP contribution in [0.2, 0.25) is 0 Å². The maximum Gasteiger partial charge on any atom is 0.269 e. The molecule has 114 valence electrons. The first-order chi connectivity index (χ1) is 10.6. The third-order valence-electron chi connectivity index (χ3n) is 3.54. The first-order valence-electron chi connectivity index (χ1n) is 7.42. The van der Waals surface area contributed by atoms with Gasteiger partial charge in [-0.15, -0.1) is 0 Å². The van der Waals surface area contributed by atoms with E-state index in [1.54, 1.807) is 24.3 Å². The number of hydrogen-bond donors (Lipinski definition) is 2. The molecule has 2 amide bonds. The molecule has 2 aromatic carbocycles. The van der Waals surface area contributed by atoms with Crippen molar-refractivity contribution in [3.63, 3.8) is 0 Å². The lowest BCUT2D eigenvalue weighted by molar-refractivity contribution is 0.0846. The van der Waals surface area contributed by atoms with E-state index in [0.29, 0.717) is 11.1 Å². The summed E-state index contributed by atoms with van der Waals surface area (Å²) in [6, 6.07) is 14.6. The lowest BCUT2D eigenvalue weighted by Crippen LogP contribution is -2.41. The first-order valence-corrected chi connectivity index (χ1v) is 7.42. The molecule has 0 saturated carbocycles. The zero-order valence-corrected chi connectivity index (χ0v) is 12.8. The van der Waals surface area contributed by atoms with Crippen molar-refractivity contribution in [3.8, 4) is 0 Å². The predicted molar refractivity (Wildman–Crippen MR) is 86.6 cm³/mol. The second-order valence-electron chi connectivity index (χ2n) is 5.01. The fraction of sp³-hybridized carbons (Fsp3) is 0.222. The standard InChI is InChI=1S/C18H20N2O2/c1-3-13-5-9-15(10-6-13)17(21)19-20-18(22)16-11-7-14(4-2)8-12-16/h5-12H,3-4H2,1-2H3,(H,19,21)(H,20,22). The average Bonchev–Trinajstić information content (AvgIpc) is 2.59. The molecule has 2 N–H and O–H groups in total. The molecular weight excluding hydrogens is 276 g/mol. The number of nitrogens with one attached hydrogen (secondary N) is 2. The van der Waals surface area contributed by atoms with E-state index in [1.807, 2.05) is 24.3 Å². The van der Waals surface area contributed by atoms with Crippen LogP contribution in [0.15, 0.2) is 48.5 Å². The molecule has 0 saturated heterocycles. The fourth-order valence-electron chi connectivity index (χ4n) is 2.04. The molecule has 0 spiro atoms. The molecule has 0 bridgehead atoms. The Morgan fingerprint density at radius 1 is 0.682 bits per heavy atom. The average molecular weight is 296 g/mol. The fourth-order valence-corrected chi connectivity index (χ4v) is 2.04. The zero-order valence-electron chi connectivity index (χ0n) is 12.8. The van der Waals surface area contributed by atoms with Gasteiger partial charge < -0.3 is 0 Å². The second kappa shape index (κ2) is 7.41. The molecule has 2 aromatic rings. The highest BCUT2D eigenvalue weighted by molar-refractivity contribution is 5.99. The number of rotatable bonds is 4. The maximum absolute atomic E-state index is 12.0. The predicted octanol–water partition coefficient (Wildman–Crippen LogP) is 2.89. The van der Waals surface area contributed by atoms with Gasteiger partial charge in [-0.25, -0.2) is 0 Å². The summed E-state index contributed by atoms with van der Waals surface area (Å²) >= 11 is 0. The van der Waals surface area contributed by atoms with Crippen molar-refractivity contribution in [1.82, 2.24) is 10.9 Å². The van der Waals surface area contributed by atoms with Crippen LogP contribution in [0.4, 0.5) is 0 Å².